The summed E-state index contributed by atoms with van der Waals surface area (Å²) in [6.07, 6.45) is 0. The number of amides is 1. The second-order valence-electron chi connectivity index (χ2n) is 6.19. The number of carboxylic acids is 1. The van der Waals surface area contributed by atoms with Crippen molar-refractivity contribution in [3.8, 4) is 11.5 Å². The smallest absolute Gasteiger partial charge is 0.253 e. The second kappa shape index (κ2) is 7.99. The molecule has 0 unspecified atom stereocenters. The topological polar surface area (TPSA) is 82.1 Å². The van der Waals surface area contributed by atoms with Gasteiger partial charge in [0.25, 0.3) is 5.91 Å². The van der Waals surface area contributed by atoms with E-state index in [1.807, 2.05) is 18.2 Å². The molecule has 142 valence electrons. The lowest BCUT2D eigenvalue weighted by molar-refractivity contribution is -0.255. The molecule has 1 aliphatic rings. The van der Waals surface area contributed by atoms with Crippen molar-refractivity contribution in [2.75, 3.05) is 45.3 Å². The minimum atomic E-state index is -1.29. The SMILES string of the molecule is COc1ccc(OC)c(N2CCN(C(=O)c3cccc(C(=O)[O-])c3)CC2)c1. The molecular formula is C20H21N2O5-. The minimum Gasteiger partial charge on any atom is -0.545 e. The number of aromatic carboxylic acids is 1. The van der Waals surface area contributed by atoms with E-state index in [0.29, 0.717) is 31.7 Å². The van der Waals surface area contributed by atoms with Crippen LogP contribution in [0, 0.1) is 0 Å². The Hall–Kier alpha value is -3.22. The standard InChI is InChI=1S/C20H22N2O5/c1-26-16-6-7-18(27-2)17(13-16)21-8-10-22(11-9-21)19(23)14-4-3-5-15(12-14)20(24)25/h3-7,12-13H,8-11H2,1-2H3,(H,24,25)/p-1. The van der Waals surface area contributed by atoms with Gasteiger partial charge in [-0.25, -0.2) is 0 Å². The molecule has 1 saturated heterocycles. The fourth-order valence-electron chi connectivity index (χ4n) is 3.16. The van der Waals surface area contributed by atoms with Crippen molar-refractivity contribution in [2.24, 2.45) is 0 Å². The number of hydrogen-bond acceptors (Lipinski definition) is 6. The third-order valence-electron chi connectivity index (χ3n) is 4.64. The predicted molar refractivity (Wildman–Crippen MR) is 98.4 cm³/mol. The van der Waals surface area contributed by atoms with Gasteiger partial charge in [0.1, 0.15) is 11.5 Å². The van der Waals surface area contributed by atoms with E-state index in [0.717, 1.165) is 17.2 Å². The third kappa shape index (κ3) is 3.97. The van der Waals surface area contributed by atoms with Gasteiger partial charge >= 0.3 is 0 Å². The van der Waals surface area contributed by atoms with Crippen molar-refractivity contribution in [1.29, 1.82) is 0 Å². The van der Waals surface area contributed by atoms with E-state index in [9.17, 15) is 14.7 Å². The number of carbonyl (C=O) groups is 2. The van der Waals surface area contributed by atoms with Crippen LogP contribution < -0.4 is 19.5 Å². The van der Waals surface area contributed by atoms with Crippen molar-refractivity contribution in [3.63, 3.8) is 0 Å². The van der Waals surface area contributed by atoms with Crippen molar-refractivity contribution in [2.45, 2.75) is 0 Å². The van der Waals surface area contributed by atoms with Crippen LogP contribution >= 0.6 is 0 Å². The maximum Gasteiger partial charge on any atom is 0.253 e. The van der Waals surface area contributed by atoms with E-state index < -0.39 is 5.97 Å². The highest BCUT2D eigenvalue weighted by molar-refractivity contribution is 5.97. The van der Waals surface area contributed by atoms with Gasteiger partial charge in [0.15, 0.2) is 0 Å². The molecule has 1 amide bonds. The van der Waals surface area contributed by atoms with Gasteiger partial charge in [-0.3, -0.25) is 4.79 Å². The average Bonchev–Trinajstić information content (AvgIpc) is 2.73. The van der Waals surface area contributed by atoms with Crippen LogP contribution in [0.25, 0.3) is 0 Å². The van der Waals surface area contributed by atoms with Crippen LogP contribution in [-0.4, -0.2) is 57.2 Å². The molecule has 1 aliphatic heterocycles. The predicted octanol–water partition coefficient (Wildman–Crippen LogP) is 1.03. The summed E-state index contributed by atoms with van der Waals surface area (Å²) in [5.41, 5.74) is 1.27. The number of carbonyl (C=O) groups excluding carboxylic acids is 2. The van der Waals surface area contributed by atoms with Crippen LogP contribution in [-0.2, 0) is 0 Å². The lowest BCUT2D eigenvalue weighted by atomic mass is 10.1. The fourth-order valence-corrected chi connectivity index (χ4v) is 3.16. The number of methoxy groups -OCH3 is 2. The van der Waals surface area contributed by atoms with E-state index in [-0.39, 0.29) is 11.5 Å². The molecular weight excluding hydrogens is 348 g/mol. The van der Waals surface area contributed by atoms with Crippen molar-refractivity contribution in [1.82, 2.24) is 4.90 Å². The van der Waals surface area contributed by atoms with E-state index in [1.165, 1.54) is 12.1 Å². The van der Waals surface area contributed by atoms with Crippen LogP contribution in [0.5, 0.6) is 11.5 Å². The molecule has 0 aromatic heterocycles. The van der Waals surface area contributed by atoms with Gasteiger partial charge in [0.05, 0.1) is 25.9 Å². The van der Waals surface area contributed by atoms with Gasteiger partial charge in [-0.05, 0) is 29.8 Å². The Bertz CT molecular complexity index is 844. The number of rotatable bonds is 5. The molecule has 27 heavy (non-hydrogen) atoms. The largest absolute Gasteiger partial charge is 0.545 e. The molecule has 0 aliphatic carbocycles. The summed E-state index contributed by atoms with van der Waals surface area (Å²) < 4.78 is 10.7. The monoisotopic (exact) mass is 369 g/mol. The van der Waals surface area contributed by atoms with Crippen molar-refractivity contribution in [3.05, 3.63) is 53.6 Å². The fraction of sp³-hybridized carbons (Fsp3) is 0.300. The summed E-state index contributed by atoms with van der Waals surface area (Å²) in [6, 6.07) is 11.6. The highest BCUT2D eigenvalue weighted by Crippen LogP contribution is 2.33. The number of benzene rings is 2. The summed E-state index contributed by atoms with van der Waals surface area (Å²) in [7, 11) is 3.23. The molecule has 0 radical (unpaired) electrons. The zero-order valence-electron chi connectivity index (χ0n) is 15.3. The summed E-state index contributed by atoms with van der Waals surface area (Å²) in [4.78, 5) is 27.6. The first-order valence-electron chi connectivity index (χ1n) is 8.61. The quantitative estimate of drug-likeness (QED) is 0.783. The van der Waals surface area contributed by atoms with Gasteiger partial charge in [-0.15, -0.1) is 0 Å². The minimum absolute atomic E-state index is 0.000558. The molecule has 7 nitrogen and oxygen atoms in total. The Morgan fingerprint density at radius 1 is 0.926 bits per heavy atom. The Kier molecular flexibility index (Phi) is 5.49. The molecule has 3 rings (SSSR count). The maximum atomic E-state index is 12.7. The summed E-state index contributed by atoms with van der Waals surface area (Å²) in [5, 5.41) is 11.0. The normalized spacial score (nSPS) is 14.0. The van der Waals surface area contributed by atoms with E-state index in [4.69, 9.17) is 9.47 Å². The van der Waals surface area contributed by atoms with Gasteiger partial charge in [-0.2, -0.15) is 0 Å². The lowest BCUT2D eigenvalue weighted by Crippen LogP contribution is -2.49. The molecule has 0 N–H and O–H groups in total. The number of carboxylic acid groups (broad SMARTS) is 1. The Morgan fingerprint density at radius 2 is 1.63 bits per heavy atom. The zero-order chi connectivity index (χ0) is 19.4. The van der Waals surface area contributed by atoms with Gasteiger partial charge in [-0.1, -0.05) is 12.1 Å². The number of piperazine rings is 1. The molecule has 7 heteroatoms. The van der Waals surface area contributed by atoms with Crippen LogP contribution in [0.1, 0.15) is 20.7 Å². The Morgan fingerprint density at radius 3 is 2.26 bits per heavy atom. The summed E-state index contributed by atoms with van der Waals surface area (Å²) in [6.45, 7) is 2.31. The first-order valence-corrected chi connectivity index (χ1v) is 8.61. The number of ether oxygens (including phenoxy) is 2. The first kappa shape index (κ1) is 18.6. The third-order valence-corrected chi connectivity index (χ3v) is 4.64. The highest BCUT2D eigenvalue weighted by Gasteiger charge is 2.24. The van der Waals surface area contributed by atoms with E-state index in [1.54, 1.807) is 31.3 Å². The number of anilines is 1. The summed E-state index contributed by atoms with van der Waals surface area (Å²) >= 11 is 0. The average molecular weight is 369 g/mol. The first-order chi connectivity index (χ1) is 13.0. The lowest BCUT2D eigenvalue weighted by Gasteiger charge is -2.36. The molecule has 0 spiro atoms. The van der Waals surface area contributed by atoms with Crippen LogP contribution in [0.3, 0.4) is 0 Å². The van der Waals surface area contributed by atoms with Gasteiger partial charge in [0.2, 0.25) is 0 Å². The van der Waals surface area contributed by atoms with Crippen LogP contribution in [0.15, 0.2) is 42.5 Å². The molecule has 1 fully saturated rings. The molecule has 0 saturated carbocycles. The second-order valence-corrected chi connectivity index (χ2v) is 6.19. The number of hydrogen-bond donors (Lipinski definition) is 0. The van der Waals surface area contributed by atoms with Gasteiger partial charge in [0, 0.05) is 37.8 Å². The van der Waals surface area contributed by atoms with Crippen LogP contribution in [0.2, 0.25) is 0 Å². The molecule has 0 bridgehead atoms. The Labute approximate surface area is 157 Å². The van der Waals surface area contributed by atoms with Crippen molar-refractivity contribution >= 4 is 17.6 Å². The Balaban J connectivity index is 1.71. The van der Waals surface area contributed by atoms with Crippen molar-refractivity contribution < 1.29 is 24.2 Å². The summed E-state index contributed by atoms with van der Waals surface area (Å²) in [5.74, 6) is 0.00980. The molecule has 1 heterocycles. The molecule has 2 aromatic carbocycles. The van der Waals surface area contributed by atoms with E-state index >= 15 is 0 Å². The highest BCUT2D eigenvalue weighted by atomic mass is 16.5. The molecule has 0 atom stereocenters. The van der Waals surface area contributed by atoms with E-state index in [2.05, 4.69) is 4.90 Å². The molecule has 2 aromatic rings. The number of nitrogens with zero attached hydrogens (tertiary/aromatic N) is 2. The maximum absolute atomic E-state index is 12.7. The van der Waals surface area contributed by atoms with Gasteiger partial charge < -0.3 is 29.2 Å². The van der Waals surface area contributed by atoms with Crippen LogP contribution in [0.4, 0.5) is 5.69 Å². The zero-order valence-corrected chi connectivity index (χ0v) is 15.3.